The van der Waals surface area contributed by atoms with Crippen molar-refractivity contribution in [2.24, 2.45) is 0 Å². The summed E-state index contributed by atoms with van der Waals surface area (Å²) in [5.74, 6) is 0.0727. The van der Waals surface area contributed by atoms with Crippen LogP contribution in [0.25, 0.3) is 0 Å². The molecule has 2 aromatic rings. The number of benzene rings is 1. The molecule has 0 spiro atoms. The molecule has 2 rings (SSSR count). The van der Waals surface area contributed by atoms with Crippen LogP contribution >= 0.6 is 35.0 Å². The van der Waals surface area contributed by atoms with Crippen molar-refractivity contribution in [3.63, 3.8) is 0 Å². The van der Waals surface area contributed by atoms with Gasteiger partial charge in [0.2, 0.25) is 5.91 Å². The van der Waals surface area contributed by atoms with E-state index >= 15 is 0 Å². The SMILES string of the molecule is Cc1ccc(NC(=O)CSc2ncccc2Cl)c(Cl)c1. The Kier molecular flexibility index (Phi) is 5.29. The van der Waals surface area contributed by atoms with Crippen LogP contribution in [-0.2, 0) is 4.79 Å². The zero-order valence-electron chi connectivity index (χ0n) is 10.7. The van der Waals surface area contributed by atoms with Crippen molar-refractivity contribution in [3.8, 4) is 0 Å². The number of carbonyl (C=O) groups is 1. The van der Waals surface area contributed by atoms with Gasteiger partial charge in [-0.25, -0.2) is 4.98 Å². The molecule has 0 fully saturated rings. The summed E-state index contributed by atoms with van der Waals surface area (Å²) in [6.07, 6.45) is 1.64. The van der Waals surface area contributed by atoms with Crippen LogP contribution in [-0.4, -0.2) is 16.6 Å². The summed E-state index contributed by atoms with van der Waals surface area (Å²) in [7, 11) is 0. The van der Waals surface area contributed by atoms with Gasteiger partial charge in [-0.15, -0.1) is 0 Å². The molecule has 0 saturated carbocycles. The number of rotatable bonds is 4. The minimum Gasteiger partial charge on any atom is -0.324 e. The molecule has 20 heavy (non-hydrogen) atoms. The number of nitrogens with one attached hydrogen (secondary N) is 1. The van der Waals surface area contributed by atoms with Crippen LogP contribution in [0.5, 0.6) is 0 Å². The van der Waals surface area contributed by atoms with Gasteiger partial charge < -0.3 is 5.32 Å². The maximum Gasteiger partial charge on any atom is 0.234 e. The van der Waals surface area contributed by atoms with Crippen molar-refractivity contribution in [2.75, 3.05) is 11.1 Å². The number of halogens is 2. The molecule has 3 nitrogen and oxygen atoms in total. The summed E-state index contributed by atoms with van der Waals surface area (Å²) < 4.78 is 0. The van der Waals surface area contributed by atoms with E-state index in [4.69, 9.17) is 23.2 Å². The monoisotopic (exact) mass is 326 g/mol. The van der Waals surface area contributed by atoms with E-state index in [1.165, 1.54) is 11.8 Å². The number of aromatic nitrogens is 1. The van der Waals surface area contributed by atoms with E-state index in [1.54, 1.807) is 30.5 Å². The predicted octanol–water partition coefficient (Wildman–Crippen LogP) is 4.43. The molecule has 0 bridgehead atoms. The quantitative estimate of drug-likeness (QED) is 0.845. The largest absolute Gasteiger partial charge is 0.324 e. The lowest BCUT2D eigenvalue weighted by Gasteiger charge is -2.08. The van der Waals surface area contributed by atoms with Crippen molar-refractivity contribution in [2.45, 2.75) is 11.9 Å². The van der Waals surface area contributed by atoms with Crippen LogP contribution < -0.4 is 5.32 Å². The number of pyridine rings is 1. The molecule has 104 valence electrons. The van der Waals surface area contributed by atoms with Gasteiger partial charge in [-0.05, 0) is 36.8 Å². The lowest BCUT2D eigenvalue weighted by molar-refractivity contribution is -0.113. The average Bonchev–Trinajstić information content (AvgIpc) is 2.41. The first kappa shape index (κ1) is 15.2. The van der Waals surface area contributed by atoms with Gasteiger partial charge in [-0.2, -0.15) is 0 Å². The average molecular weight is 327 g/mol. The molecule has 1 aromatic heterocycles. The fourth-order valence-corrected chi connectivity index (χ4v) is 2.77. The Labute approximate surface area is 131 Å². The highest BCUT2D eigenvalue weighted by Gasteiger charge is 2.09. The van der Waals surface area contributed by atoms with Gasteiger partial charge in [0, 0.05) is 6.20 Å². The summed E-state index contributed by atoms with van der Waals surface area (Å²) in [6.45, 7) is 1.94. The van der Waals surface area contributed by atoms with Crippen molar-refractivity contribution in [1.82, 2.24) is 4.98 Å². The van der Waals surface area contributed by atoms with Crippen LogP contribution in [0.15, 0.2) is 41.6 Å². The molecule has 0 atom stereocenters. The first-order chi connectivity index (χ1) is 9.56. The summed E-state index contributed by atoms with van der Waals surface area (Å²) in [5.41, 5.74) is 1.65. The molecule has 1 amide bonds. The van der Waals surface area contributed by atoms with Gasteiger partial charge in [0.15, 0.2) is 0 Å². The van der Waals surface area contributed by atoms with Crippen molar-refractivity contribution < 1.29 is 4.79 Å². The fraction of sp³-hybridized carbons (Fsp3) is 0.143. The highest BCUT2D eigenvalue weighted by atomic mass is 35.5. The Morgan fingerprint density at radius 2 is 2.10 bits per heavy atom. The number of nitrogens with zero attached hydrogens (tertiary/aromatic N) is 1. The number of aryl methyl sites for hydroxylation is 1. The molecular formula is C14H12Cl2N2OS. The number of amides is 1. The van der Waals surface area contributed by atoms with Gasteiger partial charge >= 0.3 is 0 Å². The molecule has 6 heteroatoms. The van der Waals surface area contributed by atoms with Crippen LogP contribution in [0.4, 0.5) is 5.69 Å². The van der Waals surface area contributed by atoms with Gasteiger partial charge in [0.25, 0.3) is 0 Å². The molecule has 1 N–H and O–H groups in total. The van der Waals surface area contributed by atoms with Gasteiger partial charge in [-0.1, -0.05) is 41.0 Å². The molecular weight excluding hydrogens is 315 g/mol. The predicted molar refractivity (Wildman–Crippen MR) is 84.8 cm³/mol. The molecule has 0 radical (unpaired) electrons. The molecule has 0 aliphatic rings. The molecule has 0 aliphatic heterocycles. The summed E-state index contributed by atoms with van der Waals surface area (Å²) in [6, 6.07) is 8.97. The molecule has 1 heterocycles. The zero-order chi connectivity index (χ0) is 14.5. The number of hydrogen-bond acceptors (Lipinski definition) is 3. The smallest absolute Gasteiger partial charge is 0.234 e. The van der Waals surface area contributed by atoms with Crippen LogP contribution in [0.3, 0.4) is 0 Å². The minimum atomic E-state index is -0.150. The van der Waals surface area contributed by atoms with Gasteiger partial charge in [0.1, 0.15) is 5.03 Å². The number of thioether (sulfide) groups is 1. The number of anilines is 1. The summed E-state index contributed by atoms with van der Waals surface area (Å²) in [5, 5.41) is 4.47. The van der Waals surface area contributed by atoms with Gasteiger partial charge in [0.05, 0.1) is 21.5 Å². The molecule has 0 aliphatic carbocycles. The molecule has 0 unspecified atom stereocenters. The second-order valence-electron chi connectivity index (χ2n) is 4.11. The summed E-state index contributed by atoms with van der Waals surface area (Å²) >= 11 is 13.3. The molecule has 1 aromatic carbocycles. The topological polar surface area (TPSA) is 42.0 Å². The Morgan fingerprint density at radius 1 is 1.30 bits per heavy atom. The van der Waals surface area contributed by atoms with Crippen LogP contribution in [0.1, 0.15) is 5.56 Å². The Hall–Kier alpha value is -1.23. The van der Waals surface area contributed by atoms with Crippen LogP contribution in [0.2, 0.25) is 10.0 Å². The highest BCUT2D eigenvalue weighted by molar-refractivity contribution is 8.00. The lowest BCUT2D eigenvalue weighted by Crippen LogP contribution is -2.14. The first-order valence-electron chi connectivity index (χ1n) is 5.85. The lowest BCUT2D eigenvalue weighted by atomic mass is 10.2. The Morgan fingerprint density at radius 3 is 2.80 bits per heavy atom. The van der Waals surface area contributed by atoms with E-state index in [9.17, 15) is 4.79 Å². The van der Waals surface area contributed by atoms with E-state index in [1.807, 2.05) is 13.0 Å². The van der Waals surface area contributed by atoms with Crippen molar-refractivity contribution >= 4 is 46.6 Å². The Balaban J connectivity index is 1.94. The van der Waals surface area contributed by atoms with Crippen molar-refractivity contribution in [3.05, 3.63) is 52.1 Å². The fourth-order valence-electron chi connectivity index (χ4n) is 1.52. The third-order valence-corrected chi connectivity index (χ3v) is 4.20. The number of hydrogen-bond donors (Lipinski definition) is 1. The normalized spacial score (nSPS) is 10.3. The van der Waals surface area contributed by atoms with Crippen LogP contribution in [0, 0.1) is 6.92 Å². The Bertz CT molecular complexity index is 634. The van der Waals surface area contributed by atoms with Gasteiger partial charge in [-0.3, -0.25) is 4.79 Å². The van der Waals surface area contributed by atoms with E-state index in [2.05, 4.69) is 10.3 Å². The van der Waals surface area contributed by atoms with E-state index < -0.39 is 0 Å². The maximum absolute atomic E-state index is 11.9. The highest BCUT2D eigenvalue weighted by Crippen LogP contribution is 2.25. The van der Waals surface area contributed by atoms with E-state index in [0.717, 1.165) is 5.56 Å². The second-order valence-corrected chi connectivity index (χ2v) is 5.89. The van der Waals surface area contributed by atoms with E-state index in [0.29, 0.717) is 20.8 Å². The minimum absolute atomic E-state index is 0.150. The second kappa shape index (κ2) is 6.97. The summed E-state index contributed by atoms with van der Waals surface area (Å²) in [4.78, 5) is 16.0. The first-order valence-corrected chi connectivity index (χ1v) is 7.60. The third-order valence-electron chi connectivity index (χ3n) is 2.46. The standard InChI is InChI=1S/C14H12Cl2N2OS/c1-9-4-5-12(11(16)7-9)18-13(19)8-20-14-10(15)3-2-6-17-14/h2-7H,8H2,1H3,(H,18,19). The maximum atomic E-state index is 11.9. The zero-order valence-corrected chi connectivity index (χ0v) is 13.0. The van der Waals surface area contributed by atoms with E-state index in [-0.39, 0.29) is 11.7 Å². The third kappa shape index (κ3) is 4.13. The molecule has 0 saturated heterocycles. The van der Waals surface area contributed by atoms with Crippen molar-refractivity contribution in [1.29, 1.82) is 0 Å². The number of carbonyl (C=O) groups excluding carboxylic acids is 1.